The number of carbonyl (C=O) groups is 1. The molecule has 1 aliphatic rings. The van der Waals surface area contributed by atoms with E-state index in [2.05, 4.69) is 5.32 Å². The lowest BCUT2D eigenvalue weighted by Gasteiger charge is -2.27. The van der Waals surface area contributed by atoms with Gasteiger partial charge in [0, 0.05) is 12.0 Å². The first kappa shape index (κ1) is 10.5. The SMILES string of the molecule is CC(CCCN)C(=O)NC1CCC1. The minimum Gasteiger partial charge on any atom is -0.353 e. The van der Waals surface area contributed by atoms with Gasteiger partial charge in [0.1, 0.15) is 0 Å². The fourth-order valence-corrected chi connectivity index (χ4v) is 1.45. The molecule has 1 unspecified atom stereocenters. The molecule has 3 nitrogen and oxygen atoms in total. The van der Waals surface area contributed by atoms with Crippen LogP contribution in [0.2, 0.25) is 0 Å². The Balaban J connectivity index is 2.13. The van der Waals surface area contributed by atoms with E-state index in [1.165, 1.54) is 6.42 Å². The third-order valence-electron chi connectivity index (χ3n) is 2.74. The summed E-state index contributed by atoms with van der Waals surface area (Å²) in [5.74, 6) is 0.335. The van der Waals surface area contributed by atoms with E-state index in [9.17, 15) is 4.79 Å². The van der Waals surface area contributed by atoms with E-state index in [0.717, 1.165) is 25.7 Å². The average molecular weight is 184 g/mol. The maximum absolute atomic E-state index is 11.5. The predicted molar refractivity (Wildman–Crippen MR) is 53.2 cm³/mol. The molecular formula is C10H20N2O. The molecule has 0 aromatic rings. The van der Waals surface area contributed by atoms with Crippen LogP contribution in [-0.4, -0.2) is 18.5 Å². The fourth-order valence-electron chi connectivity index (χ4n) is 1.45. The van der Waals surface area contributed by atoms with Crippen molar-refractivity contribution in [1.29, 1.82) is 0 Å². The zero-order valence-corrected chi connectivity index (χ0v) is 8.38. The van der Waals surface area contributed by atoms with Gasteiger partial charge in [-0.05, 0) is 38.6 Å². The van der Waals surface area contributed by atoms with Gasteiger partial charge in [0.05, 0.1) is 0 Å². The molecule has 0 bridgehead atoms. The molecular weight excluding hydrogens is 164 g/mol. The maximum Gasteiger partial charge on any atom is 0.223 e. The van der Waals surface area contributed by atoms with E-state index < -0.39 is 0 Å². The van der Waals surface area contributed by atoms with E-state index in [4.69, 9.17) is 5.73 Å². The molecule has 13 heavy (non-hydrogen) atoms. The first-order chi connectivity index (χ1) is 6.24. The van der Waals surface area contributed by atoms with Crippen LogP contribution in [-0.2, 0) is 4.79 Å². The van der Waals surface area contributed by atoms with Gasteiger partial charge in [0.25, 0.3) is 0 Å². The van der Waals surface area contributed by atoms with Gasteiger partial charge in [0.15, 0.2) is 0 Å². The van der Waals surface area contributed by atoms with Crippen LogP contribution in [0.5, 0.6) is 0 Å². The van der Waals surface area contributed by atoms with Crippen molar-refractivity contribution >= 4 is 5.91 Å². The molecule has 1 saturated carbocycles. The second kappa shape index (κ2) is 5.22. The Labute approximate surface area is 80.1 Å². The smallest absolute Gasteiger partial charge is 0.223 e. The zero-order chi connectivity index (χ0) is 9.68. The van der Waals surface area contributed by atoms with Gasteiger partial charge in [-0.1, -0.05) is 6.92 Å². The molecule has 1 amide bonds. The molecule has 1 atom stereocenters. The normalized spacial score (nSPS) is 19.2. The fraction of sp³-hybridized carbons (Fsp3) is 0.900. The molecule has 3 N–H and O–H groups in total. The minimum atomic E-state index is 0.129. The molecule has 0 aromatic heterocycles. The molecule has 3 heteroatoms. The number of nitrogens with two attached hydrogens (primary N) is 1. The van der Waals surface area contributed by atoms with Gasteiger partial charge < -0.3 is 11.1 Å². The summed E-state index contributed by atoms with van der Waals surface area (Å²) in [6.45, 7) is 2.66. The van der Waals surface area contributed by atoms with Crippen LogP contribution in [0.4, 0.5) is 0 Å². The topological polar surface area (TPSA) is 55.1 Å². The van der Waals surface area contributed by atoms with Gasteiger partial charge in [-0.2, -0.15) is 0 Å². The first-order valence-electron chi connectivity index (χ1n) is 5.24. The lowest BCUT2D eigenvalue weighted by molar-refractivity contribution is -0.125. The lowest BCUT2D eigenvalue weighted by Crippen LogP contribution is -2.42. The summed E-state index contributed by atoms with van der Waals surface area (Å²) in [5, 5.41) is 3.05. The van der Waals surface area contributed by atoms with Crippen LogP contribution in [0.3, 0.4) is 0 Å². The van der Waals surface area contributed by atoms with Crippen molar-refractivity contribution in [1.82, 2.24) is 5.32 Å². The van der Waals surface area contributed by atoms with Crippen molar-refractivity contribution in [3.8, 4) is 0 Å². The van der Waals surface area contributed by atoms with Crippen molar-refractivity contribution in [3.05, 3.63) is 0 Å². The van der Waals surface area contributed by atoms with E-state index in [-0.39, 0.29) is 11.8 Å². The Hall–Kier alpha value is -0.570. The highest BCUT2D eigenvalue weighted by molar-refractivity contribution is 5.78. The summed E-state index contributed by atoms with van der Waals surface area (Å²) in [6, 6.07) is 0.466. The van der Waals surface area contributed by atoms with Crippen molar-refractivity contribution in [3.63, 3.8) is 0 Å². The first-order valence-corrected chi connectivity index (χ1v) is 5.24. The number of rotatable bonds is 5. The molecule has 0 radical (unpaired) electrons. The Bertz CT molecular complexity index is 166. The maximum atomic E-state index is 11.5. The van der Waals surface area contributed by atoms with Gasteiger partial charge >= 0.3 is 0 Å². The number of carbonyl (C=O) groups excluding carboxylic acids is 1. The highest BCUT2D eigenvalue weighted by Gasteiger charge is 2.21. The quantitative estimate of drug-likeness (QED) is 0.670. The summed E-state index contributed by atoms with van der Waals surface area (Å²) >= 11 is 0. The molecule has 0 aromatic carbocycles. The average Bonchev–Trinajstić information content (AvgIpc) is 2.06. The second-order valence-corrected chi connectivity index (χ2v) is 3.97. The van der Waals surface area contributed by atoms with Crippen LogP contribution in [0, 0.1) is 5.92 Å². The van der Waals surface area contributed by atoms with Crippen molar-refractivity contribution in [2.45, 2.75) is 45.1 Å². The Morgan fingerprint density at radius 2 is 2.31 bits per heavy atom. The summed E-state index contributed by atoms with van der Waals surface area (Å²) in [7, 11) is 0. The Kier molecular flexibility index (Phi) is 4.22. The van der Waals surface area contributed by atoms with Gasteiger partial charge in [-0.3, -0.25) is 4.79 Å². The number of hydrogen-bond acceptors (Lipinski definition) is 2. The Morgan fingerprint density at radius 1 is 1.62 bits per heavy atom. The third kappa shape index (κ3) is 3.35. The van der Waals surface area contributed by atoms with Gasteiger partial charge in [-0.25, -0.2) is 0 Å². The largest absolute Gasteiger partial charge is 0.353 e. The van der Waals surface area contributed by atoms with Crippen LogP contribution in [0.1, 0.15) is 39.0 Å². The van der Waals surface area contributed by atoms with Gasteiger partial charge in [-0.15, -0.1) is 0 Å². The standard InChI is InChI=1S/C10H20N2O/c1-8(4-3-7-11)10(13)12-9-5-2-6-9/h8-9H,2-7,11H2,1H3,(H,12,13). The van der Waals surface area contributed by atoms with Gasteiger partial charge in [0.2, 0.25) is 5.91 Å². The van der Waals surface area contributed by atoms with E-state index in [1.807, 2.05) is 6.92 Å². The van der Waals surface area contributed by atoms with Crippen molar-refractivity contribution in [2.75, 3.05) is 6.54 Å². The van der Waals surface area contributed by atoms with Crippen molar-refractivity contribution < 1.29 is 4.79 Å². The molecule has 1 fully saturated rings. The highest BCUT2D eigenvalue weighted by Crippen LogP contribution is 2.18. The molecule has 0 aliphatic heterocycles. The molecule has 1 aliphatic carbocycles. The predicted octanol–water partition coefficient (Wildman–Crippen LogP) is 1.03. The number of amides is 1. The number of nitrogens with one attached hydrogen (secondary N) is 1. The molecule has 0 saturated heterocycles. The molecule has 0 heterocycles. The minimum absolute atomic E-state index is 0.129. The summed E-state index contributed by atoms with van der Waals surface area (Å²) in [6.07, 6.45) is 5.45. The van der Waals surface area contributed by atoms with Crippen LogP contribution >= 0.6 is 0 Å². The van der Waals surface area contributed by atoms with Crippen LogP contribution < -0.4 is 11.1 Å². The number of hydrogen-bond donors (Lipinski definition) is 2. The molecule has 76 valence electrons. The van der Waals surface area contributed by atoms with E-state index in [0.29, 0.717) is 12.6 Å². The van der Waals surface area contributed by atoms with Crippen LogP contribution in [0.25, 0.3) is 0 Å². The molecule has 0 spiro atoms. The zero-order valence-electron chi connectivity index (χ0n) is 8.38. The Morgan fingerprint density at radius 3 is 2.77 bits per heavy atom. The monoisotopic (exact) mass is 184 g/mol. The summed E-state index contributed by atoms with van der Waals surface area (Å²) in [5.41, 5.74) is 5.38. The lowest BCUT2D eigenvalue weighted by atomic mass is 9.92. The summed E-state index contributed by atoms with van der Waals surface area (Å²) in [4.78, 5) is 11.5. The highest BCUT2D eigenvalue weighted by atomic mass is 16.1. The second-order valence-electron chi connectivity index (χ2n) is 3.97. The van der Waals surface area contributed by atoms with E-state index >= 15 is 0 Å². The summed E-state index contributed by atoms with van der Waals surface area (Å²) < 4.78 is 0. The van der Waals surface area contributed by atoms with Crippen molar-refractivity contribution in [2.24, 2.45) is 11.7 Å². The molecule has 1 rings (SSSR count). The van der Waals surface area contributed by atoms with Crippen LogP contribution in [0.15, 0.2) is 0 Å². The third-order valence-corrected chi connectivity index (χ3v) is 2.74. The van der Waals surface area contributed by atoms with E-state index in [1.54, 1.807) is 0 Å².